The number of rotatable bonds is 2. The second-order valence-electron chi connectivity index (χ2n) is 5.39. The van der Waals surface area contributed by atoms with Gasteiger partial charge in [0.25, 0.3) is 0 Å². The Morgan fingerprint density at radius 2 is 2.05 bits per heavy atom. The van der Waals surface area contributed by atoms with Crippen LogP contribution in [0.15, 0.2) is 29.6 Å². The van der Waals surface area contributed by atoms with E-state index in [9.17, 15) is 9.90 Å². The van der Waals surface area contributed by atoms with E-state index in [-0.39, 0.29) is 0 Å². The van der Waals surface area contributed by atoms with Gasteiger partial charge < -0.3 is 14.4 Å². The van der Waals surface area contributed by atoms with Gasteiger partial charge in [0.05, 0.1) is 11.1 Å². The summed E-state index contributed by atoms with van der Waals surface area (Å²) in [6.45, 7) is 1.55. The molecule has 1 aliphatic rings. The molecule has 0 radical (unpaired) electrons. The van der Waals surface area contributed by atoms with Crippen LogP contribution in [0.3, 0.4) is 0 Å². The van der Waals surface area contributed by atoms with E-state index < -0.39 is 5.97 Å². The highest BCUT2D eigenvalue weighted by Crippen LogP contribution is 2.38. The Morgan fingerprint density at radius 1 is 1.24 bits per heavy atom. The fraction of sp³-hybridized carbons (Fsp3) is 0.312. The third-order valence-electron chi connectivity index (χ3n) is 4.21. The Morgan fingerprint density at radius 3 is 2.81 bits per heavy atom. The van der Waals surface area contributed by atoms with Gasteiger partial charge >= 0.3 is 5.97 Å². The van der Waals surface area contributed by atoms with Crippen molar-refractivity contribution < 1.29 is 14.6 Å². The number of thiophene rings is 1. The molecule has 0 saturated carbocycles. The first-order chi connectivity index (χ1) is 10.3. The van der Waals surface area contributed by atoms with Crippen LogP contribution in [0.25, 0.3) is 21.1 Å². The van der Waals surface area contributed by atoms with Gasteiger partial charge in [-0.2, -0.15) is 0 Å². The molecule has 21 heavy (non-hydrogen) atoms. The minimum Gasteiger partial charge on any atom is -0.478 e. The van der Waals surface area contributed by atoms with Crippen LogP contribution >= 0.6 is 11.3 Å². The molecule has 0 unspecified atom stereocenters. The number of carboxylic acid groups (broad SMARTS) is 1. The lowest BCUT2D eigenvalue weighted by molar-refractivity contribution is 0.0694. The second-order valence-corrected chi connectivity index (χ2v) is 6.28. The van der Waals surface area contributed by atoms with E-state index in [1.807, 2.05) is 6.07 Å². The minimum atomic E-state index is -0.875. The van der Waals surface area contributed by atoms with Crippen LogP contribution in [0, 0.1) is 0 Å². The number of carbonyl (C=O) groups is 1. The van der Waals surface area contributed by atoms with Crippen molar-refractivity contribution in [2.75, 3.05) is 13.2 Å². The molecule has 4 rings (SSSR count). The quantitative estimate of drug-likeness (QED) is 0.781. The molecule has 1 aromatic carbocycles. The summed E-state index contributed by atoms with van der Waals surface area (Å²) in [6, 6.07) is 7.94. The van der Waals surface area contributed by atoms with Crippen LogP contribution in [0.5, 0.6) is 0 Å². The highest BCUT2D eigenvalue weighted by Gasteiger charge is 2.22. The number of aromatic nitrogens is 1. The predicted octanol–water partition coefficient (Wildman–Crippen LogP) is 3.91. The van der Waals surface area contributed by atoms with E-state index in [0.29, 0.717) is 11.6 Å². The number of nitrogens with zero attached hydrogens (tertiary/aromatic N) is 1. The van der Waals surface area contributed by atoms with E-state index in [2.05, 4.69) is 16.0 Å². The molecule has 0 aliphatic carbocycles. The minimum absolute atomic E-state index is 0.348. The average molecular weight is 301 g/mol. The Labute approximate surface area is 125 Å². The molecule has 0 bridgehead atoms. The summed E-state index contributed by atoms with van der Waals surface area (Å²) in [5, 5.41) is 13.7. The van der Waals surface area contributed by atoms with Gasteiger partial charge in [-0.1, -0.05) is 6.07 Å². The summed E-state index contributed by atoms with van der Waals surface area (Å²) in [5.74, 6) is -0.875. The lowest BCUT2D eigenvalue weighted by atomic mass is 10.1. The topological polar surface area (TPSA) is 51.5 Å². The van der Waals surface area contributed by atoms with E-state index in [1.165, 1.54) is 10.2 Å². The van der Waals surface area contributed by atoms with Crippen LogP contribution in [-0.4, -0.2) is 28.9 Å². The molecule has 0 atom stereocenters. The van der Waals surface area contributed by atoms with Crippen molar-refractivity contribution in [1.29, 1.82) is 0 Å². The average Bonchev–Trinajstić information content (AvgIpc) is 3.07. The largest absolute Gasteiger partial charge is 0.478 e. The van der Waals surface area contributed by atoms with Crippen molar-refractivity contribution in [3.63, 3.8) is 0 Å². The standard InChI is InChI=1S/C16H15NO3S/c18-16(19)10-1-2-12-13-5-8-21-15(13)17(14(12)9-10)11-3-6-20-7-4-11/h1-2,5,8-9,11H,3-4,6-7H2,(H,18,19). The van der Waals surface area contributed by atoms with Crippen molar-refractivity contribution in [2.24, 2.45) is 0 Å². The predicted molar refractivity (Wildman–Crippen MR) is 83.4 cm³/mol. The third kappa shape index (κ3) is 1.96. The smallest absolute Gasteiger partial charge is 0.335 e. The molecule has 4 nitrogen and oxygen atoms in total. The summed E-state index contributed by atoms with van der Waals surface area (Å²) in [4.78, 5) is 12.5. The van der Waals surface area contributed by atoms with Gasteiger partial charge in [0, 0.05) is 30.0 Å². The molecule has 0 spiro atoms. The molecule has 5 heteroatoms. The van der Waals surface area contributed by atoms with Gasteiger partial charge in [-0.3, -0.25) is 0 Å². The van der Waals surface area contributed by atoms with Crippen LogP contribution < -0.4 is 0 Å². The molecule has 0 amide bonds. The Kier molecular flexibility index (Phi) is 2.97. The van der Waals surface area contributed by atoms with E-state index >= 15 is 0 Å². The second kappa shape index (κ2) is 4.86. The maximum absolute atomic E-state index is 11.3. The van der Waals surface area contributed by atoms with Crippen LogP contribution in [0.1, 0.15) is 29.2 Å². The number of aromatic carboxylic acids is 1. The number of fused-ring (bicyclic) bond motifs is 3. The van der Waals surface area contributed by atoms with Gasteiger partial charge in [0.15, 0.2) is 0 Å². The summed E-state index contributed by atoms with van der Waals surface area (Å²) in [7, 11) is 0. The first-order valence-corrected chi connectivity index (χ1v) is 7.96. The van der Waals surface area contributed by atoms with Gasteiger partial charge in [-0.15, -0.1) is 11.3 Å². The number of benzene rings is 1. The molecular weight excluding hydrogens is 286 g/mol. The van der Waals surface area contributed by atoms with Crippen LogP contribution in [0.4, 0.5) is 0 Å². The van der Waals surface area contributed by atoms with Gasteiger partial charge in [-0.25, -0.2) is 4.79 Å². The highest BCUT2D eigenvalue weighted by atomic mass is 32.1. The zero-order valence-electron chi connectivity index (χ0n) is 11.4. The zero-order chi connectivity index (χ0) is 14.4. The molecule has 2 aromatic heterocycles. The van der Waals surface area contributed by atoms with Gasteiger partial charge in [-0.05, 0) is 36.4 Å². The maximum atomic E-state index is 11.3. The summed E-state index contributed by atoms with van der Waals surface area (Å²) in [5.41, 5.74) is 1.38. The Balaban J connectivity index is 2.00. The lowest BCUT2D eigenvalue weighted by Crippen LogP contribution is -2.19. The Hall–Kier alpha value is -1.85. The van der Waals surface area contributed by atoms with Gasteiger partial charge in [0.1, 0.15) is 4.83 Å². The molecular formula is C16H15NO3S. The molecule has 3 aromatic rings. The van der Waals surface area contributed by atoms with Crippen molar-refractivity contribution in [3.8, 4) is 0 Å². The molecule has 1 aliphatic heterocycles. The van der Waals surface area contributed by atoms with Crippen LogP contribution in [-0.2, 0) is 4.74 Å². The number of hydrogen-bond donors (Lipinski definition) is 1. The SMILES string of the molecule is O=C(O)c1ccc2c3ccsc3n(C3CCOCC3)c2c1. The fourth-order valence-corrected chi connectivity index (χ4v) is 4.20. The van der Waals surface area contributed by atoms with Crippen molar-refractivity contribution in [1.82, 2.24) is 4.57 Å². The number of carboxylic acids is 1. The van der Waals surface area contributed by atoms with E-state index in [1.54, 1.807) is 23.5 Å². The zero-order valence-corrected chi connectivity index (χ0v) is 12.2. The monoisotopic (exact) mass is 301 g/mol. The summed E-state index contributed by atoms with van der Waals surface area (Å²) in [6.07, 6.45) is 1.96. The molecule has 1 fully saturated rings. The van der Waals surface area contributed by atoms with Crippen molar-refractivity contribution >= 4 is 38.4 Å². The van der Waals surface area contributed by atoms with E-state index in [0.717, 1.165) is 37.0 Å². The molecule has 108 valence electrons. The first-order valence-electron chi connectivity index (χ1n) is 7.08. The highest BCUT2D eigenvalue weighted by molar-refractivity contribution is 7.17. The lowest BCUT2D eigenvalue weighted by Gasteiger charge is -2.25. The van der Waals surface area contributed by atoms with Gasteiger partial charge in [0.2, 0.25) is 0 Å². The summed E-state index contributed by atoms with van der Waals surface area (Å²) < 4.78 is 7.78. The number of hydrogen-bond acceptors (Lipinski definition) is 3. The van der Waals surface area contributed by atoms with E-state index in [4.69, 9.17) is 4.74 Å². The third-order valence-corrected chi connectivity index (χ3v) is 5.13. The number of ether oxygens (including phenoxy) is 1. The maximum Gasteiger partial charge on any atom is 0.335 e. The van der Waals surface area contributed by atoms with Crippen LogP contribution in [0.2, 0.25) is 0 Å². The fourth-order valence-electron chi connectivity index (χ4n) is 3.20. The normalized spacial score (nSPS) is 16.8. The van der Waals surface area contributed by atoms with Crippen molar-refractivity contribution in [3.05, 3.63) is 35.2 Å². The molecule has 1 saturated heterocycles. The molecule has 1 N–H and O–H groups in total. The summed E-state index contributed by atoms with van der Waals surface area (Å²) >= 11 is 1.72. The van der Waals surface area contributed by atoms with Crippen molar-refractivity contribution in [2.45, 2.75) is 18.9 Å². The molecule has 3 heterocycles. The Bertz CT molecular complexity index is 827. The first kappa shape index (κ1) is 12.9.